The third-order valence-electron chi connectivity index (χ3n) is 18.0. The van der Waals surface area contributed by atoms with Crippen molar-refractivity contribution in [1.29, 1.82) is 5.26 Å². The number of hydrogen-bond acceptors (Lipinski definition) is 9. The molecule has 5 saturated heterocycles. The second-order valence-corrected chi connectivity index (χ2v) is 23.7. The molecule has 54 heavy (non-hydrogen) atoms. The van der Waals surface area contributed by atoms with Crippen LogP contribution < -0.4 is 42.5 Å². The van der Waals surface area contributed by atoms with Crippen LogP contribution in [0.3, 0.4) is 0 Å². The van der Waals surface area contributed by atoms with E-state index in [4.69, 9.17) is 0 Å². The highest BCUT2D eigenvalue weighted by Gasteiger charge is 2.57. The van der Waals surface area contributed by atoms with Gasteiger partial charge < -0.3 is 0 Å². The van der Waals surface area contributed by atoms with Gasteiger partial charge in [0, 0.05) is 5.92 Å². The van der Waals surface area contributed by atoms with E-state index >= 15 is 0 Å². The lowest BCUT2D eigenvalue weighted by Gasteiger charge is -2.43. The molecule has 9 nitrogen and oxygen atoms in total. The Kier molecular flexibility index (Phi) is 10.2. The van der Waals surface area contributed by atoms with E-state index in [1.54, 1.807) is 0 Å². The molecule has 0 radical (unpaired) electrons. The van der Waals surface area contributed by atoms with Crippen LogP contribution in [-0.2, 0) is 0 Å². The maximum Gasteiger partial charge on any atom is 0.0655 e. The van der Waals surface area contributed by atoms with E-state index in [-0.39, 0.29) is 30.6 Å². The van der Waals surface area contributed by atoms with E-state index in [1.807, 2.05) is 0 Å². The molecule has 9 aliphatic rings. The van der Waals surface area contributed by atoms with Crippen LogP contribution in [0.5, 0.6) is 0 Å². The molecule has 20 unspecified atom stereocenters. The number of fused-ring (bicyclic) bond motifs is 20. The summed E-state index contributed by atoms with van der Waals surface area (Å²) >= 11 is 0. The number of hydrogen-bond donors (Lipinski definition) is 8. The first-order valence-electron chi connectivity index (χ1n) is 23.0. The van der Waals surface area contributed by atoms with Gasteiger partial charge in [0.05, 0.1) is 55.4 Å². The smallest absolute Gasteiger partial charge is 0.0655 e. The second kappa shape index (κ2) is 14.2. The van der Waals surface area contributed by atoms with Crippen molar-refractivity contribution >= 4 is 0 Å². The van der Waals surface area contributed by atoms with Gasteiger partial charge in [0.25, 0.3) is 0 Å². The summed E-state index contributed by atoms with van der Waals surface area (Å²) in [6, 6.07) is 2.71. The van der Waals surface area contributed by atoms with Crippen molar-refractivity contribution in [3.05, 3.63) is 0 Å². The minimum Gasteiger partial charge on any atom is -0.286 e. The molecule has 8 bridgehead atoms. The van der Waals surface area contributed by atoms with E-state index in [0.29, 0.717) is 88.3 Å². The fourth-order valence-corrected chi connectivity index (χ4v) is 14.5. The zero-order valence-electron chi connectivity index (χ0n) is 35.5. The lowest BCUT2D eigenvalue weighted by atomic mass is 9.64. The molecule has 9 heteroatoms. The van der Waals surface area contributed by atoms with Gasteiger partial charge in [0.1, 0.15) is 0 Å². The molecule has 5 aliphatic heterocycles. The molecule has 9 fully saturated rings. The van der Waals surface area contributed by atoms with E-state index in [9.17, 15) is 5.26 Å². The highest BCUT2D eigenvalue weighted by molar-refractivity contribution is 5.11. The SMILES string of the molecule is CC(C)(C)C1CCC2C3NC4NC(NC5NC(NC6NC(NC(N3)C2C1)C1CCC(C#N)CC61)C1CC(C(C)(C)C)CCC51)C1CC(C(C)(C)C)CCC41. The fourth-order valence-electron chi connectivity index (χ4n) is 14.5. The van der Waals surface area contributed by atoms with E-state index in [2.05, 4.69) is 111 Å². The largest absolute Gasteiger partial charge is 0.286 e. The summed E-state index contributed by atoms with van der Waals surface area (Å²) in [5.41, 5.74) is 0.994. The van der Waals surface area contributed by atoms with Gasteiger partial charge in [0.15, 0.2) is 0 Å². The molecule has 0 spiro atoms. The van der Waals surface area contributed by atoms with Gasteiger partial charge in [-0.1, -0.05) is 62.3 Å². The van der Waals surface area contributed by atoms with Crippen LogP contribution in [0.2, 0.25) is 0 Å². The molecular formula is C45H79N9. The Morgan fingerprint density at radius 2 is 0.574 bits per heavy atom. The minimum atomic E-state index is 0.166. The van der Waals surface area contributed by atoms with Gasteiger partial charge in [-0.05, 0) is 158 Å². The van der Waals surface area contributed by atoms with Crippen molar-refractivity contribution in [1.82, 2.24) is 42.5 Å². The molecule has 0 aromatic rings. The molecule has 0 aromatic heterocycles. The molecule has 0 amide bonds. The summed E-state index contributed by atoms with van der Waals surface area (Å²) in [7, 11) is 0. The first-order valence-corrected chi connectivity index (χ1v) is 23.0. The molecule has 8 N–H and O–H groups in total. The number of rotatable bonds is 0. The molecule has 5 heterocycles. The number of nitriles is 1. The van der Waals surface area contributed by atoms with E-state index in [0.717, 1.165) is 37.0 Å². The van der Waals surface area contributed by atoms with Crippen LogP contribution in [0.1, 0.15) is 139 Å². The Balaban J connectivity index is 1.07. The zero-order chi connectivity index (χ0) is 37.9. The highest BCUT2D eigenvalue weighted by Crippen LogP contribution is 2.52. The van der Waals surface area contributed by atoms with Crippen LogP contribution in [0.25, 0.3) is 0 Å². The van der Waals surface area contributed by atoms with Crippen molar-refractivity contribution in [2.75, 3.05) is 0 Å². The summed E-state index contributed by atoms with van der Waals surface area (Å²) in [6.45, 7) is 22.3. The van der Waals surface area contributed by atoms with Crippen molar-refractivity contribution in [3.63, 3.8) is 0 Å². The lowest BCUT2D eigenvalue weighted by molar-refractivity contribution is 0.0746. The van der Waals surface area contributed by atoms with Gasteiger partial charge in [-0.2, -0.15) is 5.26 Å². The van der Waals surface area contributed by atoms with Gasteiger partial charge >= 0.3 is 0 Å². The second-order valence-electron chi connectivity index (χ2n) is 23.7. The fraction of sp³-hybridized carbons (Fsp3) is 0.978. The molecule has 4 saturated carbocycles. The first kappa shape index (κ1) is 38.7. The number of nitrogens with zero attached hydrogens (tertiary/aromatic N) is 1. The maximum atomic E-state index is 10.2. The Labute approximate surface area is 329 Å². The lowest BCUT2D eigenvalue weighted by Crippen LogP contribution is -2.61. The average Bonchev–Trinajstić information content (AvgIpc) is 3.84. The molecule has 20 atom stereocenters. The Morgan fingerprint density at radius 1 is 0.333 bits per heavy atom. The average molecular weight is 746 g/mol. The van der Waals surface area contributed by atoms with Crippen molar-refractivity contribution < 1.29 is 0 Å². The van der Waals surface area contributed by atoms with Crippen LogP contribution in [-0.4, -0.2) is 49.3 Å². The van der Waals surface area contributed by atoms with E-state index < -0.39 is 0 Å². The van der Waals surface area contributed by atoms with Crippen molar-refractivity contribution in [2.24, 2.45) is 87.3 Å². The summed E-state index contributed by atoms with van der Waals surface area (Å²) in [4.78, 5) is 0. The highest BCUT2D eigenvalue weighted by atomic mass is 15.4. The monoisotopic (exact) mass is 746 g/mol. The topological polar surface area (TPSA) is 120 Å². The maximum absolute atomic E-state index is 10.2. The van der Waals surface area contributed by atoms with Crippen molar-refractivity contribution in [3.8, 4) is 6.07 Å². The normalized spacial score (nSPS) is 52.1. The quantitative estimate of drug-likeness (QED) is 0.147. The predicted octanol–water partition coefficient (Wildman–Crippen LogP) is 6.17. The standard InChI is InChI=1S/C45H79N9/c1-43(2,3)24-11-15-28-32(19-24)40-49-35-27-14-10-23(22-46)18-31(27)39(48-35)54-42-34-21-26(45(7,8)9)13-17-30(34)38(53-42)52-41-33-20-25(44(4,5)6)12-16-29(33)37(51-41)47-36(28)50-40/h23-42,47-54H,10-21H2,1-9H3. The predicted molar refractivity (Wildman–Crippen MR) is 217 cm³/mol. The summed E-state index contributed by atoms with van der Waals surface area (Å²) < 4.78 is 0. The van der Waals surface area contributed by atoms with Gasteiger partial charge in [0.2, 0.25) is 0 Å². The Bertz CT molecular complexity index is 1390. The Hall–Kier alpha value is -0.830. The molecule has 9 rings (SSSR count). The molecule has 304 valence electrons. The third kappa shape index (κ3) is 7.05. The zero-order valence-corrected chi connectivity index (χ0v) is 35.5. The first-order chi connectivity index (χ1) is 25.5. The third-order valence-corrected chi connectivity index (χ3v) is 18.0. The molecule has 0 aromatic carbocycles. The van der Waals surface area contributed by atoms with E-state index in [1.165, 1.54) is 57.8 Å². The summed E-state index contributed by atoms with van der Waals surface area (Å²) in [5, 5.41) is 44.6. The van der Waals surface area contributed by atoms with Crippen LogP contribution in [0.15, 0.2) is 0 Å². The summed E-state index contributed by atoms with van der Waals surface area (Å²) in [6.07, 6.45) is 17.2. The summed E-state index contributed by atoms with van der Waals surface area (Å²) in [5.74, 6) is 7.13. The Morgan fingerprint density at radius 3 is 0.833 bits per heavy atom. The molecule has 4 aliphatic carbocycles. The van der Waals surface area contributed by atoms with Crippen LogP contribution in [0.4, 0.5) is 0 Å². The van der Waals surface area contributed by atoms with Gasteiger partial charge in [-0.3, -0.25) is 42.5 Å². The minimum absolute atomic E-state index is 0.166. The number of nitrogens with one attached hydrogen (secondary N) is 8. The van der Waals surface area contributed by atoms with Crippen molar-refractivity contribution in [2.45, 2.75) is 189 Å². The van der Waals surface area contributed by atoms with Gasteiger partial charge in [-0.25, -0.2) is 0 Å². The van der Waals surface area contributed by atoms with Gasteiger partial charge in [-0.15, -0.1) is 0 Å². The molecular weight excluding hydrogens is 667 g/mol. The van der Waals surface area contributed by atoms with Crippen LogP contribution >= 0.6 is 0 Å². The van der Waals surface area contributed by atoms with Crippen LogP contribution in [0, 0.1) is 98.6 Å².